The Balaban J connectivity index is 1.33. The van der Waals surface area contributed by atoms with Gasteiger partial charge in [0.2, 0.25) is 0 Å². The smallest absolute Gasteiger partial charge is 0.338 e. The van der Waals surface area contributed by atoms with Gasteiger partial charge in [0.05, 0.1) is 28.1 Å². The number of ether oxygens (including phenoxy) is 1. The topological polar surface area (TPSA) is 113 Å². The van der Waals surface area contributed by atoms with Crippen molar-refractivity contribution < 1.29 is 19.4 Å². The minimum atomic E-state index is -0.795. The summed E-state index contributed by atoms with van der Waals surface area (Å²) in [7, 11) is 0. The van der Waals surface area contributed by atoms with Gasteiger partial charge < -0.3 is 4.74 Å². The van der Waals surface area contributed by atoms with Crippen molar-refractivity contribution in [3.63, 3.8) is 0 Å². The van der Waals surface area contributed by atoms with E-state index in [1.54, 1.807) is 0 Å². The second-order valence-electron chi connectivity index (χ2n) is 8.59. The Morgan fingerprint density at radius 3 is 1.75 bits per heavy atom. The van der Waals surface area contributed by atoms with Crippen molar-refractivity contribution in [1.82, 2.24) is 0 Å². The molecular weight excluding hydrogens is 412 g/mol. The Labute approximate surface area is 181 Å². The standard InChI is InChI=1S/C24H16N2O6/c27-23(13-9-14(25(28)29)11-15(10-13)26(30)31)32-12-24-20-16-5-1-3-7-18(16)21(24)22(24)19-8-4-2-6-17(19)20/h1-11,20-22H,12H2/t20?,21-,22-,24?/m1/s1. The van der Waals surface area contributed by atoms with Crippen LogP contribution in [0, 0.1) is 25.6 Å². The van der Waals surface area contributed by atoms with Gasteiger partial charge in [0.25, 0.3) is 11.4 Å². The van der Waals surface area contributed by atoms with Gasteiger partial charge >= 0.3 is 5.97 Å². The fraction of sp³-hybridized carbons (Fsp3) is 0.208. The first-order valence-electron chi connectivity index (χ1n) is 10.2. The van der Waals surface area contributed by atoms with Crippen LogP contribution in [0.15, 0.2) is 66.7 Å². The lowest BCUT2D eigenvalue weighted by Crippen LogP contribution is -2.20. The second kappa shape index (κ2) is 6.23. The molecule has 0 aliphatic heterocycles. The molecule has 3 aliphatic carbocycles. The molecule has 0 bridgehead atoms. The highest BCUT2D eigenvalue weighted by Crippen LogP contribution is 2.85. The van der Waals surface area contributed by atoms with Crippen LogP contribution in [0.2, 0.25) is 0 Å². The number of esters is 1. The van der Waals surface area contributed by atoms with Gasteiger partial charge in [0, 0.05) is 35.3 Å². The van der Waals surface area contributed by atoms with Crippen molar-refractivity contribution in [1.29, 1.82) is 0 Å². The van der Waals surface area contributed by atoms with Crippen molar-refractivity contribution in [2.75, 3.05) is 6.61 Å². The van der Waals surface area contributed by atoms with Crippen LogP contribution in [0.1, 0.15) is 50.4 Å². The van der Waals surface area contributed by atoms with Crippen molar-refractivity contribution in [2.24, 2.45) is 5.41 Å². The van der Waals surface area contributed by atoms with E-state index in [9.17, 15) is 25.0 Å². The van der Waals surface area contributed by atoms with Crippen LogP contribution < -0.4 is 0 Å². The summed E-state index contributed by atoms with van der Waals surface area (Å²) in [6, 6.07) is 19.4. The van der Waals surface area contributed by atoms with E-state index in [2.05, 4.69) is 24.3 Å². The number of carbonyl (C=O) groups excluding carboxylic acids is 1. The molecule has 158 valence electrons. The zero-order valence-electron chi connectivity index (χ0n) is 16.6. The van der Waals surface area contributed by atoms with Gasteiger partial charge in [-0.2, -0.15) is 0 Å². The zero-order chi connectivity index (χ0) is 22.2. The third kappa shape index (κ3) is 2.29. The lowest BCUT2D eigenvalue weighted by molar-refractivity contribution is -0.394. The quantitative estimate of drug-likeness (QED) is 0.331. The summed E-state index contributed by atoms with van der Waals surface area (Å²) in [5.41, 5.74) is 3.56. The molecule has 0 N–H and O–H groups in total. The number of carbonyl (C=O) groups is 1. The number of hydrogen-bond donors (Lipinski definition) is 0. The number of benzene rings is 3. The molecule has 32 heavy (non-hydrogen) atoms. The van der Waals surface area contributed by atoms with E-state index in [-0.39, 0.29) is 35.3 Å². The molecule has 2 atom stereocenters. The monoisotopic (exact) mass is 428 g/mol. The molecule has 3 aromatic rings. The number of rotatable bonds is 5. The highest BCUT2D eigenvalue weighted by atomic mass is 16.6. The predicted octanol–water partition coefficient (Wildman–Crippen LogP) is 4.69. The molecule has 1 saturated carbocycles. The van der Waals surface area contributed by atoms with Gasteiger partial charge in [-0.1, -0.05) is 48.5 Å². The van der Waals surface area contributed by atoms with E-state index >= 15 is 0 Å². The normalized spacial score (nSPS) is 25.4. The summed E-state index contributed by atoms with van der Waals surface area (Å²) in [5.74, 6) is -0.162. The summed E-state index contributed by atoms with van der Waals surface area (Å²) in [4.78, 5) is 33.6. The van der Waals surface area contributed by atoms with E-state index < -0.39 is 27.2 Å². The Hall–Kier alpha value is -4.07. The third-order valence-electron chi connectivity index (χ3n) is 7.22. The highest BCUT2D eigenvalue weighted by Gasteiger charge is 2.78. The van der Waals surface area contributed by atoms with Crippen LogP contribution >= 0.6 is 0 Å². The first-order chi connectivity index (χ1) is 15.4. The Morgan fingerprint density at radius 2 is 1.28 bits per heavy atom. The van der Waals surface area contributed by atoms with E-state index in [0.29, 0.717) is 0 Å². The van der Waals surface area contributed by atoms with E-state index in [1.165, 1.54) is 22.3 Å². The molecule has 0 saturated heterocycles. The first kappa shape index (κ1) is 18.7. The summed E-state index contributed by atoms with van der Waals surface area (Å²) in [6.45, 7) is 0.145. The van der Waals surface area contributed by atoms with Crippen LogP contribution in [-0.2, 0) is 4.74 Å². The van der Waals surface area contributed by atoms with Gasteiger partial charge in [0.15, 0.2) is 0 Å². The summed E-state index contributed by atoms with van der Waals surface area (Å²) in [6.07, 6.45) is 0. The van der Waals surface area contributed by atoms with Crippen molar-refractivity contribution in [2.45, 2.75) is 17.8 Å². The van der Waals surface area contributed by atoms with Gasteiger partial charge in [-0.3, -0.25) is 20.2 Å². The molecule has 0 amide bonds. The number of nitro benzene ring substituents is 2. The molecule has 0 unspecified atom stereocenters. The first-order valence-corrected chi connectivity index (χ1v) is 10.2. The minimum absolute atomic E-state index is 0.122. The van der Waals surface area contributed by atoms with Crippen LogP contribution in [0.25, 0.3) is 0 Å². The maximum absolute atomic E-state index is 12.8. The molecule has 3 aromatic carbocycles. The maximum Gasteiger partial charge on any atom is 0.338 e. The van der Waals surface area contributed by atoms with Crippen molar-refractivity contribution >= 4 is 17.3 Å². The molecular formula is C24H16N2O6. The number of nitro groups is 2. The van der Waals surface area contributed by atoms with Crippen LogP contribution in [0.3, 0.4) is 0 Å². The Morgan fingerprint density at radius 1 is 0.812 bits per heavy atom. The van der Waals surface area contributed by atoms with Gasteiger partial charge in [-0.25, -0.2) is 4.79 Å². The lowest BCUT2D eigenvalue weighted by atomic mass is 9.85. The highest BCUT2D eigenvalue weighted by molar-refractivity contribution is 5.91. The van der Waals surface area contributed by atoms with E-state index in [4.69, 9.17) is 4.74 Å². The Kier molecular flexibility index (Phi) is 3.63. The summed E-state index contributed by atoms with van der Waals surface area (Å²) >= 11 is 0. The van der Waals surface area contributed by atoms with Gasteiger partial charge in [0.1, 0.15) is 0 Å². The third-order valence-corrected chi connectivity index (χ3v) is 7.22. The molecule has 3 aliphatic rings. The molecule has 6 rings (SSSR count). The van der Waals surface area contributed by atoms with E-state index in [0.717, 1.165) is 18.2 Å². The predicted molar refractivity (Wildman–Crippen MR) is 113 cm³/mol. The van der Waals surface area contributed by atoms with Crippen LogP contribution in [0.5, 0.6) is 0 Å². The average Bonchev–Trinajstić information content (AvgIpc) is 3.29. The van der Waals surface area contributed by atoms with Crippen LogP contribution in [-0.4, -0.2) is 22.4 Å². The van der Waals surface area contributed by atoms with Gasteiger partial charge in [-0.05, 0) is 22.3 Å². The number of fused-ring (bicyclic) bond motifs is 7. The molecule has 0 aromatic heterocycles. The van der Waals surface area contributed by atoms with Crippen LogP contribution in [0.4, 0.5) is 11.4 Å². The molecule has 0 radical (unpaired) electrons. The Bertz CT molecular complexity index is 1260. The minimum Gasteiger partial charge on any atom is -0.461 e. The number of non-ortho nitro benzene ring substituents is 2. The molecule has 0 spiro atoms. The van der Waals surface area contributed by atoms with Crippen molar-refractivity contribution in [3.05, 3.63) is 115 Å². The lowest BCUT2D eigenvalue weighted by Gasteiger charge is -2.21. The number of hydrogen-bond acceptors (Lipinski definition) is 6. The average molecular weight is 428 g/mol. The summed E-state index contributed by atoms with van der Waals surface area (Å²) < 4.78 is 5.69. The molecule has 8 heteroatoms. The summed E-state index contributed by atoms with van der Waals surface area (Å²) in [5, 5.41) is 22.3. The molecule has 1 fully saturated rings. The molecule has 0 heterocycles. The van der Waals surface area contributed by atoms with E-state index in [1.807, 2.05) is 24.3 Å². The zero-order valence-corrected chi connectivity index (χ0v) is 16.6. The second-order valence-corrected chi connectivity index (χ2v) is 8.59. The van der Waals surface area contributed by atoms with Crippen molar-refractivity contribution in [3.8, 4) is 0 Å². The fourth-order valence-corrected chi connectivity index (χ4v) is 6.08. The molecule has 8 nitrogen and oxygen atoms in total. The largest absolute Gasteiger partial charge is 0.461 e. The maximum atomic E-state index is 12.8. The van der Waals surface area contributed by atoms with Gasteiger partial charge in [-0.15, -0.1) is 0 Å². The number of nitrogens with zero attached hydrogens (tertiary/aromatic N) is 2. The fourth-order valence-electron chi connectivity index (χ4n) is 6.08. The SMILES string of the molecule is O=C(OCC12C3c4ccccc4[C@@H]1[C@H]2c1ccccc13)c1cc([N+](=O)[O-])cc([N+](=O)[O-])c1.